The van der Waals surface area contributed by atoms with Crippen molar-refractivity contribution in [2.45, 2.75) is 32.1 Å². The average molecular weight is 301 g/mol. The molecule has 1 aromatic carbocycles. The summed E-state index contributed by atoms with van der Waals surface area (Å²) < 4.78 is 0. The Morgan fingerprint density at radius 2 is 1.86 bits per heavy atom. The lowest BCUT2D eigenvalue weighted by Gasteiger charge is -2.09. The van der Waals surface area contributed by atoms with Gasteiger partial charge in [0.2, 0.25) is 5.95 Å². The summed E-state index contributed by atoms with van der Waals surface area (Å²) in [6.45, 7) is 5.89. The molecule has 5 heteroatoms. The van der Waals surface area contributed by atoms with Crippen LogP contribution in [0.15, 0.2) is 35.2 Å². The van der Waals surface area contributed by atoms with Gasteiger partial charge in [0.1, 0.15) is 0 Å². The van der Waals surface area contributed by atoms with E-state index in [1.54, 1.807) is 11.8 Å². The van der Waals surface area contributed by atoms with E-state index in [-0.39, 0.29) is 5.91 Å². The van der Waals surface area contributed by atoms with E-state index < -0.39 is 0 Å². The fourth-order valence-corrected chi connectivity index (χ4v) is 2.86. The number of aromatic nitrogens is 2. The van der Waals surface area contributed by atoms with Crippen molar-refractivity contribution in [3.8, 4) is 0 Å². The molecule has 0 atom stereocenters. The molecule has 2 rings (SSSR count). The number of carbonyl (C=O) groups excluding carboxylic acids is 1. The number of anilines is 1. The third kappa shape index (κ3) is 4.29. The molecule has 0 saturated carbocycles. The first kappa shape index (κ1) is 15.5. The predicted molar refractivity (Wildman–Crippen MR) is 86.9 cm³/mol. The van der Waals surface area contributed by atoms with Gasteiger partial charge in [0.25, 0.3) is 5.91 Å². The Bertz CT molecular complexity index is 623. The van der Waals surface area contributed by atoms with Crippen LogP contribution in [0.5, 0.6) is 0 Å². The lowest BCUT2D eigenvalue weighted by Crippen LogP contribution is -2.15. The lowest BCUT2D eigenvalue weighted by atomic mass is 10.2. The van der Waals surface area contributed by atoms with Crippen LogP contribution in [0.25, 0.3) is 0 Å². The summed E-state index contributed by atoms with van der Waals surface area (Å²) in [5.74, 6) is 1.18. The number of aryl methyl sites for hydroxylation is 2. The molecule has 0 bridgehead atoms. The number of nitrogens with zero attached hydrogens (tertiary/aromatic N) is 2. The summed E-state index contributed by atoms with van der Waals surface area (Å²) in [6.07, 6.45) is 1.07. The maximum atomic E-state index is 12.4. The molecule has 0 spiro atoms. The number of hydrogen-bond donors (Lipinski definition) is 1. The van der Waals surface area contributed by atoms with Crippen molar-refractivity contribution < 1.29 is 4.79 Å². The summed E-state index contributed by atoms with van der Waals surface area (Å²) >= 11 is 1.69. The van der Waals surface area contributed by atoms with Crippen LogP contribution in [0, 0.1) is 13.8 Å². The SMILES string of the molecule is CCCSc1ccccc1C(=O)Nc1nc(C)cc(C)n1. The van der Waals surface area contributed by atoms with E-state index in [1.807, 2.05) is 44.2 Å². The summed E-state index contributed by atoms with van der Waals surface area (Å²) in [5.41, 5.74) is 2.34. The van der Waals surface area contributed by atoms with Crippen molar-refractivity contribution in [1.82, 2.24) is 9.97 Å². The quantitative estimate of drug-likeness (QED) is 0.852. The van der Waals surface area contributed by atoms with Crippen molar-refractivity contribution in [2.24, 2.45) is 0 Å². The average Bonchev–Trinajstić information content (AvgIpc) is 2.44. The Morgan fingerprint density at radius 3 is 2.52 bits per heavy atom. The number of hydrogen-bond acceptors (Lipinski definition) is 4. The number of nitrogens with one attached hydrogen (secondary N) is 1. The first-order valence-electron chi connectivity index (χ1n) is 6.95. The summed E-state index contributed by atoms with van der Waals surface area (Å²) in [6, 6.07) is 9.49. The standard InChI is InChI=1S/C16H19N3OS/c1-4-9-21-14-8-6-5-7-13(14)15(20)19-16-17-11(2)10-12(3)18-16/h5-8,10H,4,9H2,1-3H3,(H,17,18,19,20). The van der Waals surface area contributed by atoms with Gasteiger partial charge in [-0.3, -0.25) is 10.1 Å². The second-order valence-electron chi connectivity index (χ2n) is 4.77. The van der Waals surface area contributed by atoms with Crippen LogP contribution in [0.2, 0.25) is 0 Å². The van der Waals surface area contributed by atoms with E-state index in [0.29, 0.717) is 11.5 Å². The number of benzene rings is 1. The second kappa shape index (κ2) is 7.22. The topological polar surface area (TPSA) is 54.9 Å². The number of carbonyl (C=O) groups is 1. The van der Waals surface area contributed by atoms with E-state index >= 15 is 0 Å². The first-order valence-corrected chi connectivity index (χ1v) is 7.94. The van der Waals surface area contributed by atoms with Gasteiger partial charge in [0, 0.05) is 16.3 Å². The van der Waals surface area contributed by atoms with Crippen LogP contribution >= 0.6 is 11.8 Å². The van der Waals surface area contributed by atoms with Gasteiger partial charge < -0.3 is 0 Å². The Kier molecular flexibility index (Phi) is 5.33. The van der Waals surface area contributed by atoms with Crippen molar-refractivity contribution in [3.63, 3.8) is 0 Å². The molecule has 0 saturated heterocycles. The van der Waals surface area contributed by atoms with Crippen LogP contribution in [-0.4, -0.2) is 21.6 Å². The number of thioether (sulfide) groups is 1. The third-order valence-electron chi connectivity index (χ3n) is 2.80. The number of amides is 1. The molecule has 4 nitrogen and oxygen atoms in total. The second-order valence-corrected chi connectivity index (χ2v) is 5.91. The molecule has 1 heterocycles. The zero-order valence-corrected chi connectivity index (χ0v) is 13.3. The van der Waals surface area contributed by atoms with Gasteiger partial charge in [0.05, 0.1) is 5.56 Å². The van der Waals surface area contributed by atoms with Gasteiger partial charge in [-0.15, -0.1) is 11.8 Å². The van der Waals surface area contributed by atoms with Crippen LogP contribution < -0.4 is 5.32 Å². The van der Waals surface area contributed by atoms with E-state index in [1.165, 1.54) is 0 Å². The van der Waals surface area contributed by atoms with Crippen LogP contribution in [0.4, 0.5) is 5.95 Å². The highest BCUT2D eigenvalue weighted by molar-refractivity contribution is 7.99. The molecular formula is C16H19N3OS. The molecule has 1 aromatic heterocycles. The minimum absolute atomic E-state index is 0.167. The Balaban J connectivity index is 2.20. The van der Waals surface area contributed by atoms with Crippen molar-refractivity contribution >= 4 is 23.6 Å². The van der Waals surface area contributed by atoms with Crippen molar-refractivity contribution in [2.75, 3.05) is 11.1 Å². The molecule has 0 radical (unpaired) electrons. The van der Waals surface area contributed by atoms with Crippen LogP contribution in [-0.2, 0) is 0 Å². The highest BCUT2D eigenvalue weighted by Crippen LogP contribution is 2.23. The molecule has 0 aliphatic heterocycles. The van der Waals surface area contributed by atoms with Crippen molar-refractivity contribution in [3.05, 3.63) is 47.3 Å². The highest BCUT2D eigenvalue weighted by Gasteiger charge is 2.12. The van der Waals surface area contributed by atoms with Crippen LogP contribution in [0.1, 0.15) is 35.1 Å². The molecule has 110 valence electrons. The van der Waals surface area contributed by atoms with Gasteiger partial charge in [0.15, 0.2) is 0 Å². The van der Waals surface area contributed by atoms with Gasteiger partial charge in [-0.1, -0.05) is 19.1 Å². The predicted octanol–water partition coefficient (Wildman–Crippen LogP) is 3.85. The highest BCUT2D eigenvalue weighted by atomic mass is 32.2. The Labute approximate surface area is 129 Å². The zero-order valence-electron chi connectivity index (χ0n) is 12.5. The molecule has 2 aromatic rings. The van der Waals surface area contributed by atoms with Gasteiger partial charge in [-0.25, -0.2) is 9.97 Å². The summed E-state index contributed by atoms with van der Waals surface area (Å²) in [4.78, 5) is 21.9. The molecule has 0 aliphatic carbocycles. The molecule has 1 N–H and O–H groups in total. The molecule has 21 heavy (non-hydrogen) atoms. The first-order chi connectivity index (χ1) is 10.1. The van der Waals surface area contributed by atoms with Crippen LogP contribution in [0.3, 0.4) is 0 Å². The molecular weight excluding hydrogens is 282 g/mol. The molecule has 0 unspecified atom stereocenters. The minimum Gasteiger partial charge on any atom is -0.290 e. The van der Waals surface area contributed by atoms with Crippen molar-refractivity contribution in [1.29, 1.82) is 0 Å². The monoisotopic (exact) mass is 301 g/mol. The summed E-state index contributed by atoms with van der Waals surface area (Å²) in [5, 5.41) is 2.78. The van der Waals surface area contributed by atoms with E-state index in [0.717, 1.165) is 28.5 Å². The molecule has 0 aliphatic rings. The molecule has 1 amide bonds. The lowest BCUT2D eigenvalue weighted by molar-refractivity contribution is 0.102. The summed E-state index contributed by atoms with van der Waals surface area (Å²) in [7, 11) is 0. The van der Waals surface area contributed by atoms with E-state index in [4.69, 9.17) is 0 Å². The van der Waals surface area contributed by atoms with Gasteiger partial charge in [-0.05, 0) is 44.2 Å². The maximum absolute atomic E-state index is 12.4. The van der Waals surface area contributed by atoms with Gasteiger partial charge >= 0.3 is 0 Å². The third-order valence-corrected chi connectivity index (χ3v) is 4.08. The van der Waals surface area contributed by atoms with E-state index in [2.05, 4.69) is 22.2 Å². The largest absolute Gasteiger partial charge is 0.290 e. The Hall–Kier alpha value is -1.88. The zero-order chi connectivity index (χ0) is 15.2. The Morgan fingerprint density at radius 1 is 1.19 bits per heavy atom. The smallest absolute Gasteiger partial charge is 0.259 e. The normalized spacial score (nSPS) is 10.4. The maximum Gasteiger partial charge on any atom is 0.259 e. The fourth-order valence-electron chi connectivity index (χ4n) is 1.94. The minimum atomic E-state index is -0.167. The van der Waals surface area contributed by atoms with Gasteiger partial charge in [-0.2, -0.15) is 0 Å². The fraction of sp³-hybridized carbons (Fsp3) is 0.312. The molecule has 0 fully saturated rings. The number of rotatable bonds is 5. The van der Waals surface area contributed by atoms with E-state index in [9.17, 15) is 4.79 Å².